The number of rotatable bonds is 3. The highest BCUT2D eigenvalue weighted by Gasteiger charge is 2.51. The van der Waals surface area contributed by atoms with Crippen molar-refractivity contribution < 1.29 is 13.9 Å². The van der Waals surface area contributed by atoms with Gasteiger partial charge in [-0.15, -0.1) is 10.2 Å². The van der Waals surface area contributed by atoms with Gasteiger partial charge in [0, 0.05) is 43.2 Å². The van der Waals surface area contributed by atoms with Gasteiger partial charge < -0.3 is 14.1 Å². The quantitative estimate of drug-likeness (QED) is 0.829. The first-order valence-electron chi connectivity index (χ1n) is 9.75. The molecule has 2 saturated heterocycles. The van der Waals surface area contributed by atoms with Gasteiger partial charge in [0.05, 0.1) is 5.92 Å². The third-order valence-corrected chi connectivity index (χ3v) is 5.98. The van der Waals surface area contributed by atoms with Crippen molar-refractivity contribution in [2.24, 2.45) is 11.3 Å². The molecule has 144 valence electrons. The number of ether oxygens (including phenoxy) is 1. The van der Waals surface area contributed by atoms with E-state index in [1.165, 1.54) is 5.56 Å². The standard InChI is InChI=1S/C21H27N3O3/c1-14(2)20(25)24-12-17(21(13-24)8-10-26-11-9-21)19-23-22-18(27-19)16-6-4-15(3)5-7-16/h4-7,14,17H,8-13H2,1-3H3. The molecule has 3 heterocycles. The zero-order valence-electron chi connectivity index (χ0n) is 16.3. The van der Waals surface area contributed by atoms with E-state index in [1.54, 1.807) is 0 Å². The molecule has 0 saturated carbocycles. The minimum Gasteiger partial charge on any atom is -0.420 e. The smallest absolute Gasteiger partial charge is 0.247 e. The minimum absolute atomic E-state index is 0.00792. The molecule has 1 atom stereocenters. The van der Waals surface area contributed by atoms with Crippen LogP contribution in [0, 0.1) is 18.3 Å². The summed E-state index contributed by atoms with van der Waals surface area (Å²) in [6.07, 6.45) is 1.84. The summed E-state index contributed by atoms with van der Waals surface area (Å²) in [5.41, 5.74) is 2.09. The summed E-state index contributed by atoms with van der Waals surface area (Å²) in [6.45, 7) is 8.80. The van der Waals surface area contributed by atoms with Gasteiger partial charge in [-0.25, -0.2) is 0 Å². The number of hydrogen-bond acceptors (Lipinski definition) is 5. The highest BCUT2D eigenvalue weighted by molar-refractivity contribution is 5.78. The van der Waals surface area contributed by atoms with Crippen molar-refractivity contribution in [3.8, 4) is 11.5 Å². The molecule has 2 aliphatic heterocycles. The Morgan fingerprint density at radius 3 is 2.56 bits per heavy atom. The molecule has 6 nitrogen and oxygen atoms in total. The number of hydrogen-bond donors (Lipinski definition) is 0. The van der Waals surface area contributed by atoms with E-state index in [0.717, 1.165) is 38.2 Å². The molecule has 2 aliphatic rings. The Hall–Kier alpha value is -2.21. The van der Waals surface area contributed by atoms with Gasteiger partial charge >= 0.3 is 0 Å². The van der Waals surface area contributed by atoms with Crippen LogP contribution < -0.4 is 0 Å². The van der Waals surface area contributed by atoms with Crippen LogP contribution in [0.5, 0.6) is 0 Å². The lowest BCUT2D eigenvalue weighted by atomic mass is 9.72. The molecule has 0 aliphatic carbocycles. The number of aryl methyl sites for hydroxylation is 1. The molecule has 0 radical (unpaired) electrons. The summed E-state index contributed by atoms with van der Waals surface area (Å²) < 4.78 is 11.7. The van der Waals surface area contributed by atoms with Gasteiger partial charge in [0.1, 0.15) is 0 Å². The van der Waals surface area contributed by atoms with Crippen LogP contribution in [-0.2, 0) is 9.53 Å². The van der Waals surface area contributed by atoms with Crippen LogP contribution in [0.4, 0.5) is 0 Å². The van der Waals surface area contributed by atoms with Gasteiger partial charge in [0.15, 0.2) is 0 Å². The number of nitrogens with zero attached hydrogens (tertiary/aromatic N) is 3. The van der Waals surface area contributed by atoms with Gasteiger partial charge in [-0.05, 0) is 31.9 Å². The maximum atomic E-state index is 12.6. The van der Waals surface area contributed by atoms with Crippen molar-refractivity contribution in [3.63, 3.8) is 0 Å². The molecule has 2 fully saturated rings. The lowest BCUT2D eigenvalue weighted by molar-refractivity contribution is -0.134. The second-order valence-corrected chi connectivity index (χ2v) is 8.21. The number of benzene rings is 1. The Morgan fingerprint density at radius 2 is 1.89 bits per heavy atom. The SMILES string of the molecule is Cc1ccc(-c2nnc(C3CN(C(=O)C(C)C)CC34CCOCC4)o2)cc1. The van der Waals surface area contributed by atoms with Crippen LogP contribution >= 0.6 is 0 Å². The highest BCUT2D eigenvalue weighted by atomic mass is 16.5. The predicted octanol–water partition coefficient (Wildman–Crippen LogP) is 3.42. The molecule has 2 aromatic rings. The fourth-order valence-corrected chi connectivity index (χ4v) is 4.31. The monoisotopic (exact) mass is 369 g/mol. The Bertz CT molecular complexity index is 806. The van der Waals surface area contributed by atoms with E-state index < -0.39 is 0 Å². The van der Waals surface area contributed by atoms with Crippen molar-refractivity contribution in [3.05, 3.63) is 35.7 Å². The van der Waals surface area contributed by atoms with E-state index in [9.17, 15) is 4.79 Å². The first-order chi connectivity index (χ1) is 13.0. The Balaban J connectivity index is 1.64. The second kappa shape index (κ2) is 7.08. The maximum Gasteiger partial charge on any atom is 0.247 e. The van der Waals surface area contributed by atoms with Crippen LogP contribution in [0.15, 0.2) is 28.7 Å². The van der Waals surface area contributed by atoms with Crippen LogP contribution in [0.2, 0.25) is 0 Å². The van der Waals surface area contributed by atoms with Crippen LogP contribution in [0.3, 0.4) is 0 Å². The summed E-state index contributed by atoms with van der Waals surface area (Å²) in [5.74, 6) is 1.44. The summed E-state index contributed by atoms with van der Waals surface area (Å²) in [5, 5.41) is 8.68. The van der Waals surface area contributed by atoms with Gasteiger partial charge in [-0.2, -0.15) is 0 Å². The molecule has 1 aromatic heterocycles. The lowest BCUT2D eigenvalue weighted by Crippen LogP contribution is -2.38. The average molecular weight is 369 g/mol. The molecular weight excluding hydrogens is 342 g/mol. The zero-order chi connectivity index (χ0) is 19.0. The molecule has 4 rings (SSSR count). The molecule has 6 heteroatoms. The summed E-state index contributed by atoms with van der Waals surface area (Å²) >= 11 is 0. The van der Waals surface area contributed by atoms with E-state index in [2.05, 4.69) is 17.1 Å². The Morgan fingerprint density at radius 1 is 1.19 bits per heavy atom. The fourth-order valence-electron chi connectivity index (χ4n) is 4.31. The van der Waals surface area contributed by atoms with Crippen molar-refractivity contribution in [2.75, 3.05) is 26.3 Å². The minimum atomic E-state index is -0.0279. The van der Waals surface area contributed by atoms with E-state index in [4.69, 9.17) is 9.15 Å². The fraction of sp³-hybridized carbons (Fsp3) is 0.571. The molecular formula is C21H27N3O3. The van der Waals surface area contributed by atoms with E-state index in [1.807, 2.05) is 43.0 Å². The largest absolute Gasteiger partial charge is 0.420 e. The number of carbonyl (C=O) groups is 1. The maximum absolute atomic E-state index is 12.6. The normalized spacial score (nSPS) is 21.9. The number of carbonyl (C=O) groups excluding carboxylic acids is 1. The van der Waals surface area contributed by atoms with Gasteiger partial charge in [0.25, 0.3) is 0 Å². The second-order valence-electron chi connectivity index (χ2n) is 8.21. The number of aromatic nitrogens is 2. The molecule has 0 N–H and O–H groups in total. The van der Waals surface area contributed by atoms with Crippen molar-refractivity contribution in [1.82, 2.24) is 15.1 Å². The van der Waals surface area contributed by atoms with Gasteiger partial charge in [0.2, 0.25) is 17.7 Å². The zero-order valence-corrected chi connectivity index (χ0v) is 16.3. The van der Waals surface area contributed by atoms with Crippen LogP contribution in [0.25, 0.3) is 11.5 Å². The molecule has 1 spiro atoms. The summed E-state index contributed by atoms with van der Waals surface area (Å²) in [4.78, 5) is 14.6. The van der Waals surface area contributed by atoms with E-state index in [-0.39, 0.29) is 23.2 Å². The summed E-state index contributed by atoms with van der Waals surface area (Å²) in [6, 6.07) is 8.08. The lowest BCUT2D eigenvalue weighted by Gasteiger charge is -2.36. The molecule has 0 bridgehead atoms. The van der Waals surface area contributed by atoms with Gasteiger partial charge in [-0.3, -0.25) is 4.79 Å². The third kappa shape index (κ3) is 3.38. The predicted molar refractivity (Wildman–Crippen MR) is 101 cm³/mol. The average Bonchev–Trinajstić information content (AvgIpc) is 3.28. The highest BCUT2D eigenvalue weighted by Crippen LogP contribution is 2.49. The van der Waals surface area contributed by atoms with Crippen LogP contribution in [-0.4, -0.2) is 47.3 Å². The summed E-state index contributed by atoms with van der Waals surface area (Å²) in [7, 11) is 0. The third-order valence-electron chi connectivity index (χ3n) is 5.98. The van der Waals surface area contributed by atoms with Crippen molar-refractivity contribution in [1.29, 1.82) is 0 Å². The topological polar surface area (TPSA) is 68.5 Å². The molecule has 27 heavy (non-hydrogen) atoms. The van der Waals surface area contributed by atoms with Crippen LogP contribution in [0.1, 0.15) is 44.1 Å². The van der Waals surface area contributed by atoms with E-state index >= 15 is 0 Å². The van der Waals surface area contributed by atoms with Crippen molar-refractivity contribution >= 4 is 5.91 Å². The Kier molecular flexibility index (Phi) is 4.76. The van der Waals surface area contributed by atoms with Crippen molar-refractivity contribution in [2.45, 2.75) is 39.5 Å². The van der Waals surface area contributed by atoms with E-state index in [0.29, 0.717) is 18.3 Å². The number of likely N-dealkylation sites (tertiary alicyclic amines) is 1. The first kappa shape index (κ1) is 18.2. The van der Waals surface area contributed by atoms with Gasteiger partial charge in [-0.1, -0.05) is 31.5 Å². The molecule has 1 aromatic carbocycles. The number of amides is 1. The molecule has 1 unspecified atom stereocenters. The molecule has 1 amide bonds. The first-order valence-corrected chi connectivity index (χ1v) is 9.75. The Labute approximate surface area is 159 Å².